The van der Waals surface area contributed by atoms with E-state index in [2.05, 4.69) is 0 Å². The third-order valence-corrected chi connectivity index (χ3v) is 4.15. The normalized spacial score (nSPS) is 13.3. The number of halogens is 1. The van der Waals surface area contributed by atoms with E-state index in [4.69, 9.17) is 10.2 Å². The van der Waals surface area contributed by atoms with Gasteiger partial charge < -0.3 is 10.2 Å². The lowest BCUT2D eigenvalue weighted by atomic mass is 10.1. The van der Waals surface area contributed by atoms with Crippen molar-refractivity contribution in [2.24, 2.45) is 0 Å². The Bertz CT molecular complexity index is 577. The Morgan fingerprint density at radius 3 is 2.44 bits per heavy atom. The number of carbonyl (C=O) groups is 1. The van der Waals surface area contributed by atoms with Gasteiger partial charge in [0.15, 0.2) is 9.84 Å². The summed E-state index contributed by atoms with van der Waals surface area (Å²) in [5.74, 6) is -3.04. The summed E-state index contributed by atoms with van der Waals surface area (Å²) in [6.45, 7) is 2.58. The van der Waals surface area contributed by atoms with E-state index in [0.717, 1.165) is 12.1 Å². The molecule has 0 aliphatic heterocycles. The van der Waals surface area contributed by atoms with Gasteiger partial charge in [-0.25, -0.2) is 17.6 Å². The predicted octanol–water partition coefficient (Wildman–Crippen LogP) is 0.987. The fourth-order valence-corrected chi connectivity index (χ4v) is 2.97. The molecule has 1 unspecified atom stereocenters. The largest absolute Gasteiger partial charge is 0.478 e. The van der Waals surface area contributed by atoms with Gasteiger partial charge in [-0.2, -0.15) is 0 Å². The van der Waals surface area contributed by atoms with Crippen LogP contribution in [0.3, 0.4) is 0 Å². The smallest absolute Gasteiger partial charge is 0.338 e. The minimum absolute atomic E-state index is 0.0703. The third-order valence-electron chi connectivity index (χ3n) is 2.28. The maximum Gasteiger partial charge on any atom is 0.338 e. The lowest BCUT2D eigenvalue weighted by Crippen LogP contribution is -2.18. The summed E-state index contributed by atoms with van der Waals surface area (Å²) in [6, 6.07) is 1.82. The third kappa shape index (κ3) is 3.05. The predicted molar refractivity (Wildman–Crippen MR) is 61.8 cm³/mol. The van der Waals surface area contributed by atoms with Crippen molar-refractivity contribution < 1.29 is 27.8 Å². The number of aromatic carboxylic acids is 1. The molecule has 5 nitrogen and oxygen atoms in total. The van der Waals surface area contributed by atoms with E-state index in [1.165, 1.54) is 13.8 Å². The Kier molecular flexibility index (Phi) is 4.08. The van der Waals surface area contributed by atoms with Crippen LogP contribution in [0.25, 0.3) is 0 Å². The molecule has 0 amide bonds. The molecule has 0 spiro atoms. The monoisotopic (exact) mass is 276 g/mol. The van der Waals surface area contributed by atoms with Crippen molar-refractivity contribution in [3.63, 3.8) is 0 Å². The maximum absolute atomic E-state index is 13.5. The molecular weight excluding hydrogens is 263 g/mol. The molecule has 0 fully saturated rings. The molecule has 0 aliphatic carbocycles. The zero-order valence-corrected chi connectivity index (χ0v) is 10.7. The lowest BCUT2D eigenvalue weighted by molar-refractivity contribution is 0.0691. The van der Waals surface area contributed by atoms with E-state index in [-0.39, 0.29) is 10.5 Å². The summed E-state index contributed by atoms with van der Waals surface area (Å²) in [6.07, 6.45) is -1.09. The number of aliphatic hydroxyl groups excluding tert-OH is 1. The zero-order chi connectivity index (χ0) is 14.1. The molecule has 0 aromatic heterocycles. The van der Waals surface area contributed by atoms with Gasteiger partial charge >= 0.3 is 5.97 Å². The van der Waals surface area contributed by atoms with Crippen LogP contribution in [0.2, 0.25) is 0 Å². The molecule has 100 valence electrons. The van der Waals surface area contributed by atoms with Crippen molar-refractivity contribution in [1.82, 2.24) is 0 Å². The Labute approximate surface area is 104 Å². The number of hydrogen-bond acceptors (Lipinski definition) is 4. The fraction of sp³-hybridized carbons (Fsp3) is 0.364. The van der Waals surface area contributed by atoms with Crippen molar-refractivity contribution in [1.29, 1.82) is 0 Å². The maximum atomic E-state index is 13.5. The number of carboxylic acids is 1. The molecule has 0 heterocycles. The quantitative estimate of drug-likeness (QED) is 0.800. The highest BCUT2D eigenvalue weighted by molar-refractivity contribution is 7.91. The summed E-state index contributed by atoms with van der Waals surface area (Å²) in [5, 5.41) is 17.9. The molecular formula is C11H13FO5S. The Morgan fingerprint density at radius 1 is 1.44 bits per heavy atom. The van der Waals surface area contributed by atoms with Crippen molar-refractivity contribution in [2.45, 2.75) is 24.8 Å². The molecule has 18 heavy (non-hydrogen) atoms. The number of aryl methyl sites for hydroxylation is 1. The molecule has 7 heteroatoms. The van der Waals surface area contributed by atoms with Crippen molar-refractivity contribution in [3.05, 3.63) is 29.1 Å². The van der Waals surface area contributed by atoms with Gasteiger partial charge in [0, 0.05) is 0 Å². The Hall–Kier alpha value is -1.47. The molecule has 0 saturated carbocycles. The van der Waals surface area contributed by atoms with Crippen LogP contribution in [-0.2, 0) is 9.84 Å². The summed E-state index contributed by atoms with van der Waals surface area (Å²) < 4.78 is 37.1. The SMILES string of the molecule is Cc1cc(S(=O)(=O)CC(C)O)cc(C(=O)O)c1F. The van der Waals surface area contributed by atoms with Crippen LogP contribution in [-0.4, -0.2) is 36.5 Å². The summed E-state index contributed by atoms with van der Waals surface area (Å²) in [7, 11) is -3.83. The van der Waals surface area contributed by atoms with Gasteiger partial charge in [0.05, 0.1) is 22.3 Å². The molecule has 0 bridgehead atoms. The first-order valence-corrected chi connectivity index (χ1v) is 6.74. The van der Waals surface area contributed by atoms with Crippen LogP contribution in [0, 0.1) is 12.7 Å². The highest BCUT2D eigenvalue weighted by Gasteiger charge is 2.22. The second-order valence-corrected chi connectivity index (χ2v) is 6.07. The van der Waals surface area contributed by atoms with Crippen LogP contribution < -0.4 is 0 Å². The highest BCUT2D eigenvalue weighted by Crippen LogP contribution is 2.20. The van der Waals surface area contributed by atoms with Crippen molar-refractivity contribution >= 4 is 15.8 Å². The van der Waals surface area contributed by atoms with E-state index in [0.29, 0.717) is 0 Å². The van der Waals surface area contributed by atoms with Crippen molar-refractivity contribution in [3.8, 4) is 0 Å². The van der Waals surface area contributed by atoms with Crippen molar-refractivity contribution in [2.75, 3.05) is 5.75 Å². The topological polar surface area (TPSA) is 91.7 Å². The summed E-state index contributed by atoms with van der Waals surface area (Å²) in [5.41, 5.74) is -0.766. The van der Waals surface area contributed by atoms with E-state index in [1.54, 1.807) is 0 Å². The standard InChI is InChI=1S/C11H13FO5S/c1-6-3-8(18(16,17)5-7(2)13)4-9(10(6)12)11(14)15/h3-4,7,13H,5H2,1-2H3,(H,14,15). The molecule has 1 rings (SSSR count). The fourth-order valence-electron chi connectivity index (χ4n) is 1.49. The summed E-state index contributed by atoms with van der Waals surface area (Å²) in [4.78, 5) is 10.5. The van der Waals surface area contributed by atoms with Gasteiger partial charge in [-0.15, -0.1) is 0 Å². The van der Waals surface area contributed by atoms with E-state index < -0.39 is 39.0 Å². The summed E-state index contributed by atoms with van der Waals surface area (Å²) >= 11 is 0. The number of rotatable bonds is 4. The molecule has 0 saturated heterocycles. The average Bonchev–Trinajstić information content (AvgIpc) is 2.19. The highest BCUT2D eigenvalue weighted by atomic mass is 32.2. The number of hydrogen-bond donors (Lipinski definition) is 2. The van der Waals surface area contributed by atoms with Crippen LogP contribution >= 0.6 is 0 Å². The Morgan fingerprint density at radius 2 is 2.00 bits per heavy atom. The second-order valence-electron chi connectivity index (χ2n) is 4.04. The molecule has 1 aromatic rings. The van der Waals surface area contributed by atoms with E-state index in [9.17, 15) is 17.6 Å². The molecule has 2 N–H and O–H groups in total. The molecule has 0 radical (unpaired) electrons. The zero-order valence-electron chi connectivity index (χ0n) is 9.84. The van der Waals surface area contributed by atoms with E-state index in [1.807, 2.05) is 0 Å². The van der Waals surface area contributed by atoms with Gasteiger partial charge in [0.2, 0.25) is 0 Å². The van der Waals surface area contributed by atoms with Crippen LogP contribution in [0.4, 0.5) is 4.39 Å². The number of sulfone groups is 1. The molecule has 1 atom stereocenters. The number of aliphatic hydroxyl groups is 1. The van der Waals surface area contributed by atoms with Crippen LogP contribution in [0.1, 0.15) is 22.8 Å². The number of benzene rings is 1. The minimum Gasteiger partial charge on any atom is -0.478 e. The van der Waals surface area contributed by atoms with Gasteiger partial charge in [0.25, 0.3) is 0 Å². The van der Waals surface area contributed by atoms with Gasteiger partial charge in [-0.3, -0.25) is 0 Å². The van der Waals surface area contributed by atoms with E-state index >= 15 is 0 Å². The van der Waals surface area contributed by atoms with Crippen LogP contribution in [0.5, 0.6) is 0 Å². The first kappa shape index (κ1) is 14.6. The Balaban J connectivity index is 3.40. The number of carboxylic acid groups (broad SMARTS) is 1. The first-order valence-electron chi connectivity index (χ1n) is 5.09. The lowest BCUT2D eigenvalue weighted by Gasteiger charge is -2.09. The molecule has 1 aromatic carbocycles. The van der Waals surface area contributed by atoms with Gasteiger partial charge in [0.1, 0.15) is 5.82 Å². The first-order chi connectivity index (χ1) is 8.15. The average molecular weight is 276 g/mol. The minimum atomic E-state index is -3.83. The second kappa shape index (κ2) is 5.03. The molecule has 0 aliphatic rings. The van der Waals surface area contributed by atoms with Gasteiger partial charge in [-0.05, 0) is 31.5 Å². The van der Waals surface area contributed by atoms with Crippen LogP contribution in [0.15, 0.2) is 17.0 Å². The van der Waals surface area contributed by atoms with Gasteiger partial charge in [-0.1, -0.05) is 0 Å².